The number of aromatic amines is 1. The highest BCUT2D eigenvalue weighted by Gasteiger charge is 2.35. The van der Waals surface area contributed by atoms with Crippen molar-refractivity contribution in [2.45, 2.75) is 57.6 Å². The van der Waals surface area contributed by atoms with Crippen molar-refractivity contribution in [2.75, 3.05) is 18.1 Å². The van der Waals surface area contributed by atoms with E-state index in [2.05, 4.69) is 9.97 Å². The smallest absolute Gasteiger partial charge is 0.259 e. The largest absolute Gasteiger partial charge is 0.338 e. The molecule has 1 aliphatic rings. The van der Waals surface area contributed by atoms with E-state index >= 15 is 0 Å². The molecule has 10 heteroatoms. The number of aryl methyl sites for hydroxylation is 2. The highest BCUT2D eigenvalue weighted by molar-refractivity contribution is 7.99. The van der Waals surface area contributed by atoms with Gasteiger partial charge in [0, 0.05) is 17.5 Å². The van der Waals surface area contributed by atoms with Crippen LogP contribution in [0.4, 0.5) is 0 Å². The molecule has 29 heavy (non-hydrogen) atoms. The molecule has 1 aliphatic heterocycles. The summed E-state index contributed by atoms with van der Waals surface area (Å²) in [4.78, 5) is 36.3. The topological polar surface area (TPSA) is 100 Å². The van der Waals surface area contributed by atoms with E-state index in [9.17, 15) is 18.0 Å². The van der Waals surface area contributed by atoms with Crippen molar-refractivity contribution in [3.05, 3.63) is 26.6 Å². The summed E-state index contributed by atoms with van der Waals surface area (Å²) in [5, 5.41) is 0.291. The minimum atomic E-state index is -3.05. The van der Waals surface area contributed by atoms with Crippen LogP contribution in [0.15, 0.2) is 4.79 Å². The molecule has 3 rings (SSSR count). The van der Waals surface area contributed by atoms with E-state index in [0.29, 0.717) is 29.9 Å². The van der Waals surface area contributed by atoms with Gasteiger partial charge in [-0.1, -0.05) is 6.92 Å². The van der Waals surface area contributed by atoms with E-state index in [0.717, 1.165) is 21.7 Å². The quantitative estimate of drug-likeness (QED) is 0.686. The summed E-state index contributed by atoms with van der Waals surface area (Å²) < 4.78 is 23.7. The zero-order valence-corrected chi connectivity index (χ0v) is 19.6. The lowest BCUT2D eigenvalue weighted by atomic mass is 10.2. The predicted molar refractivity (Wildman–Crippen MR) is 120 cm³/mol. The lowest BCUT2D eigenvalue weighted by Crippen LogP contribution is -2.45. The average Bonchev–Trinajstić information content (AvgIpc) is 3.16. The highest BCUT2D eigenvalue weighted by atomic mass is 32.2. The third-order valence-corrected chi connectivity index (χ3v) is 9.30. The maximum atomic E-state index is 13.0. The molecule has 2 atom stereocenters. The molecule has 0 radical (unpaired) electrons. The number of carbonyl (C=O) groups is 1. The van der Waals surface area contributed by atoms with Crippen molar-refractivity contribution in [3.63, 3.8) is 0 Å². The Hall–Kier alpha value is -1.39. The number of hydrogen-bond donors (Lipinski definition) is 1. The van der Waals surface area contributed by atoms with Gasteiger partial charge in [0.15, 0.2) is 9.84 Å². The Morgan fingerprint density at radius 2 is 2.14 bits per heavy atom. The number of carbonyl (C=O) groups excluding carboxylic acids is 1. The van der Waals surface area contributed by atoms with Crippen LogP contribution < -0.4 is 5.56 Å². The van der Waals surface area contributed by atoms with Crippen LogP contribution in [0.5, 0.6) is 0 Å². The molecular formula is C19H27N3O4S3. The highest BCUT2D eigenvalue weighted by Crippen LogP contribution is 2.27. The summed E-state index contributed by atoms with van der Waals surface area (Å²) in [6.07, 6.45) is 1.29. The number of nitrogens with one attached hydrogen (secondary N) is 1. The van der Waals surface area contributed by atoms with Gasteiger partial charge in [-0.2, -0.15) is 0 Å². The summed E-state index contributed by atoms with van der Waals surface area (Å²) in [6.45, 7) is 8.26. The van der Waals surface area contributed by atoms with Crippen LogP contribution in [0, 0.1) is 13.8 Å². The first-order chi connectivity index (χ1) is 13.6. The van der Waals surface area contributed by atoms with Gasteiger partial charge >= 0.3 is 0 Å². The van der Waals surface area contributed by atoms with E-state index < -0.39 is 9.84 Å². The number of thiophene rings is 1. The van der Waals surface area contributed by atoms with E-state index in [1.54, 1.807) is 4.90 Å². The standard InChI is InChI=1S/C19H27N3O4S3/c1-5-7-22(14-6-8-29(25,26)10-14)19(24)13(4)27-9-15-20-17(23)16-11(2)12(3)28-18(16)21-15/h13-14H,5-10H2,1-4H3,(H,20,21,23)/t13-,14-/m1/s1. The summed E-state index contributed by atoms with van der Waals surface area (Å²) in [5.74, 6) is 1.12. The number of thioether (sulfide) groups is 1. The van der Waals surface area contributed by atoms with Crippen LogP contribution in [-0.4, -0.2) is 58.5 Å². The molecule has 160 valence electrons. The molecule has 0 bridgehead atoms. The van der Waals surface area contributed by atoms with Gasteiger partial charge in [-0.3, -0.25) is 9.59 Å². The van der Waals surface area contributed by atoms with E-state index in [1.165, 1.54) is 23.1 Å². The number of nitrogens with zero attached hydrogens (tertiary/aromatic N) is 2. The molecule has 3 heterocycles. The summed E-state index contributed by atoms with van der Waals surface area (Å²) in [5.41, 5.74) is 0.818. The van der Waals surface area contributed by atoms with Gasteiger partial charge in [-0.25, -0.2) is 13.4 Å². The number of H-pyrrole nitrogens is 1. The first-order valence-electron chi connectivity index (χ1n) is 9.74. The van der Waals surface area contributed by atoms with E-state index in [4.69, 9.17) is 0 Å². The summed E-state index contributed by atoms with van der Waals surface area (Å²) in [7, 11) is -3.05. The Balaban J connectivity index is 1.70. The molecule has 7 nitrogen and oxygen atoms in total. The molecule has 1 saturated heterocycles. The molecule has 1 fully saturated rings. The molecule has 1 amide bonds. The predicted octanol–water partition coefficient (Wildman–Crippen LogP) is 2.65. The SMILES string of the molecule is CCCN(C(=O)[C@@H](C)SCc1nc2sc(C)c(C)c2c(=O)[nH]1)[C@@H]1CCS(=O)(=O)C1. The van der Waals surface area contributed by atoms with Crippen molar-refractivity contribution in [1.82, 2.24) is 14.9 Å². The second-order valence-electron chi connectivity index (χ2n) is 7.52. The van der Waals surface area contributed by atoms with Crippen molar-refractivity contribution < 1.29 is 13.2 Å². The first kappa shape index (κ1) is 22.3. The fraction of sp³-hybridized carbons (Fsp3) is 0.632. The van der Waals surface area contributed by atoms with Crippen LogP contribution >= 0.6 is 23.1 Å². The molecule has 2 aromatic heterocycles. The van der Waals surface area contributed by atoms with Crippen LogP contribution in [0.1, 0.15) is 43.0 Å². The Labute approximate surface area is 179 Å². The molecule has 0 saturated carbocycles. The molecular weight excluding hydrogens is 430 g/mol. The molecule has 0 spiro atoms. The number of rotatable bonds is 7. The van der Waals surface area contributed by atoms with Gasteiger partial charge in [0.05, 0.1) is 27.9 Å². The second-order valence-corrected chi connectivity index (χ2v) is 12.3. The van der Waals surface area contributed by atoms with Crippen molar-refractivity contribution in [1.29, 1.82) is 0 Å². The zero-order valence-electron chi connectivity index (χ0n) is 17.1. The fourth-order valence-electron chi connectivity index (χ4n) is 3.61. The second kappa shape index (κ2) is 8.77. The Kier molecular flexibility index (Phi) is 6.74. The number of hydrogen-bond acceptors (Lipinski definition) is 7. The van der Waals surface area contributed by atoms with E-state index in [1.807, 2.05) is 27.7 Å². The maximum absolute atomic E-state index is 13.0. The first-order valence-corrected chi connectivity index (χ1v) is 13.4. The van der Waals surface area contributed by atoms with Crippen LogP contribution in [0.2, 0.25) is 0 Å². The Bertz CT molecular complexity index is 1070. The van der Waals surface area contributed by atoms with E-state index in [-0.39, 0.29) is 34.3 Å². The number of fused-ring (bicyclic) bond motifs is 1. The van der Waals surface area contributed by atoms with Crippen molar-refractivity contribution >= 4 is 49.1 Å². The summed E-state index contributed by atoms with van der Waals surface area (Å²) >= 11 is 2.91. The molecule has 2 aromatic rings. The van der Waals surface area contributed by atoms with Gasteiger partial charge in [-0.15, -0.1) is 23.1 Å². The monoisotopic (exact) mass is 457 g/mol. The Morgan fingerprint density at radius 1 is 1.41 bits per heavy atom. The van der Waals surface area contributed by atoms with Gasteiger partial charge in [-0.05, 0) is 39.2 Å². The van der Waals surface area contributed by atoms with Crippen molar-refractivity contribution in [2.24, 2.45) is 0 Å². The van der Waals surface area contributed by atoms with Gasteiger partial charge in [0.25, 0.3) is 5.56 Å². The van der Waals surface area contributed by atoms with Crippen LogP contribution in [0.3, 0.4) is 0 Å². The number of aromatic nitrogens is 2. The van der Waals surface area contributed by atoms with Gasteiger partial charge in [0.1, 0.15) is 10.7 Å². The Morgan fingerprint density at radius 3 is 2.76 bits per heavy atom. The maximum Gasteiger partial charge on any atom is 0.259 e. The minimum Gasteiger partial charge on any atom is -0.338 e. The molecule has 0 aliphatic carbocycles. The fourth-order valence-corrected chi connectivity index (χ4v) is 7.21. The summed E-state index contributed by atoms with van der Waals surface area (Å²) in [6, 6.07) is -0.234. The van der Waals surface area contributed by atoms with Crippen LogP contribution in [0.25, 0.3) is 10.2 Å². The normalized spacial score (nSPS) is 19.5. The number of amides is 1. The third-order valence-electron chi connectivity index (χ3n) is 5.30. The van der Waals surface area contributed by atoms with Crippen LogP contribution in [-0.2, 0) is 20.4 Å². The van der Waals surface area contributed by atoms with Gasteiger partial charge < -0.3 is 9.88 Å². The molecule has 0 aromatic carbocycles. The van der Waals surface area contributed by atoms with Crippen molar-refractivity contribution in [3.8, 4) is 0 Å². The average molecular weight is 458 g/mol. The lowest BCUT2D eigenvalue weighted by molar-refractivity contribution is -0.132. The lowest BCUT2D eigenvalue weighted by Gasteiger charge is -2.30. The molecule has 1 N–H and O–H groups in total. The number of sulfone groups is 1. The van der Waals surface area contributed by atoms with Gasteiger partial charge in [0.2, 0.25) is 5.91 Å². The minimum absolute atomic E-state index is 0.0508. The third kappa shape index (κ3) is 4.86. The zero-order chi connectivity index (χ0) is 21.3. The molecule has 0 unspecified atom stereocenters.